The van der Waals surface area contributed by atoms with Gasteiger partial charge in [-0.2, -0.15) is 22.0 Å². The number of hydrogen-bond acceptors (Lipinski definition) is 5. The van der Waals surface area contributed by atoms with Crippen LogP contribution in [0.1, 0.15) is 60.1 Å². The van der Waals surface area contributed by atoms with Crippen molar-refractivity contribution in [1.29, 1.82) is 0 Å². The first kappa shape index (κ1) is 27.2. The minimum absolute atomic E-state index is 0.0140. The van der Waals surface area contributed by atoms with Crippen LogP contribution in [-0.2, 0) is 21.6 Å². The Labute approximate surface area is 228 Å². The summed E-state index contributed by atoms with van der Waals surface area (Å²) in [6.07, 6.45) is -2.04. The Kier molecular flexibility index (Phi) is 6.12. The Balaban J connectivity index is 1.55. The Hall–Kier alpha value is -4.03. The molecule has 1 aromatic heterocycles. The lowest BCUT2D eigenvalue weighted by Crippen LogP contribution is -2.43. The molecule has 0 unspecified atom stereocenters. The molecule has 13 heteroatoms. The number of carbonyl (C=O) groups is 2. The molecule has 41 heavy (non-hydrogen) atoms. The summed E-state index contributed by atoms with van der Waals surface area (Å²) in [5, 5.41) is -0.362. The summed E-state index contributed by atoms with van der Waals surface area (Å²) in [6.45, 7) is -2.30. The van der Waals surface area contributed by atoms with E-state index < -0.39 is 59.3 Å². The maximum atomic E-state index is 15.8. The van der Waals surface area contributed by atoms with Crippen LogP contribution in [0.4, 0.5) is 26.3 Å². The van der Waals surface area contributed by atoms with Crippen LogP contribution in [0.3, 0.4) is 0 Å². The molecule has 6 rings (SSSR count). The van der Waals surface area contributed by atoms with Gasteiger partial charge in [0, 0.05) is 18.8 Å². The van der Waals surface area contributed by atoms with Gasteiger partial charge in [-0.15, -0.1) is 0 Å². The van der Waals surface area contributed by atoms with Crippen molar-refractivity contribution >= 4 is 22.8 Å². The number of fused-ring (bicyclic) bond motifs is 3. The van der Waals surface area contributed by atoms with E-state index in [0.717, 1.165) is 11.0 Å². The third-order valence-corrected chi connectivity index (χ3v) is 7.82. The molecule has 1 aliphatic heterocycles. The number of benzene rings is 2. The highest BCUT2D eigenvalue weighted by Crippen LogP contribution is 2.58. The Bertz CT molecular complexity index is 1670. The number of amides is 1. The Morgan fingerprint density at radius 2 is 1.85 bits per heavy atom. The predicted molar refractivity (Wildman–Crippen MR) is 132 cm³/mol. The van der Waals surface area contributed by atoms with Gasteiger partial charge >= 0.3 is 24.7 Å². The molecule has 0 bridgehead atoms. The molecule has 7 nitrogen and oxygen atoms in total. The van der Waals surface area contributed by atoms with E-state index in [4.69, 9.17) is 9.47 Å². The van der Waals surface area contributed by atoms with Crippen molar-refractivity contribution in [3.8, 4) is 16.9 Å². The molecule has 1 amide bonds. The maximum absolute atomic E-state index is 15.8. The van der Waals surface area contributed by atoms with E-state index in [9.17, 15) is 36.3 Å². The molecular formula is C28H22F6N2O5. The molecule has 0 atom stereocenters. The average Bonchev–Trinajstić information content (AvgIpc) is 3.81. The van der Waals surface area contributed by atoms with Crippen molar-refractivity contribution in [3.05, 3.63) is 63.2 Å². The van der Waals surface area contributed by atoms with Gasteiger partial charge in [0.2, 0.25) is 5.43 Å². The van der Waals surface area contributed by atoms with Gasteiger partial charge in [-0.25, -0.2) is 9.18 Å². The van der Waals surface area contributed by atoms with Gasteiger partial charge in [-0.1, -0.05) is 12.1 Å². The van der Waals surface area contributed by atoms with Crippen molar-refractivity contribution in [2.75, 3.05) is 6.61 Å². The van der Waals surface area contributed by atoms with Crippen LogP contribution in [0, 0.1) is 5.82 Å². The first-order valence-corrected chi connectivity index (χ1v) is 12.9. The quantitative estimate of drug-likeness (QED) is 0.272. The standard InChI is InChI=1S/C28H22F6N2O5/c1-2-40-24(38)17-12-35(15-4-5-15)21-16(22(17)37)10-19(29)20(23(21)41-26(30)31)13-3-6-18-14(9-13)11-36(27(18)7-8-27)25(39)28(32,33)34/h3,6,9-10,12,15,26H,2,4-5,7-8,11H2,1H3. The lowest BCUT2D eigenvalue weighted by molar-refractivity contribution is -0.189. The topological polar surface area (TPSA) is 77.8 Å². The van der Waals surface area contributed by atoms with Crippen molar-refractivity contribution in [3.63, 3.8) is 0 Å². The number of alkyl halides is 5. The minimum atomic E-state index is -5.09. The molecule has 0 N–H and O–H groups in total. The molecule has 0 radical (unpaired) electrons. The van der Waals surface area contributed by atoms with E-state index in [0.29, 0.717) is 36.8 Å². The first-order chi connectivity index (χ1) is 19.4. The summed E-state index contributed by atoms with van der Waals surface area (Å²) in [5.74, 6) is -4.69. The van der Waals surface area contributed by atoms with Crippen LogP contribution in [0.15, 0.2) is 35.3 Å². The van der Waals surface area contributed by atoms with Crippen LogP contribution in [-0.4, -0.2) is 40.7 Å². The number of ether oxygens (including phenoxy) is 2. The summed E-state index contributed by atoms with van der Waals surface area (Å²) in [6, 6.07) is 4.75. The van der Waals surface area contributed by atoms with Gasteiger partial charge in [-0.3, -0.25) is 9.59 Å². The second-order valence-corrected chi connectivity index (χ2v) is 10.4. The van der Waals surface area contributed by atoms with Crippen LogP contribution in [0.5, 0.6) is 5.75 Å². The maximum Gasteiger partial charge on any atom is 0.471 e. The fraction of sp³-hybridized carbons (Fsp3) is 0.393. The zero-order valence-corrected chi connectivity index (χ0v) is 21.5. The summed E-state index contributed by atoms with van der Waals surface area (Å²) < 4.78 is 94.4. The normalized spacial score (nSPS) is 17.3. The van der Waals surface area contributed by atoms with E-state index in [-0.39, 0.29) is 34.7 Å². The number of carbonyl (C=O) groups excluding carboxylic acids is 2. The molecule has 2 aliphatic carbocycles. The number of rotatable bonds is 6. The summed E-state index contributed by atoms with van der Waals surface area (Å²) in [5.41, 5.74) is -2.18. The Morgan fingerprint density at radius 1 is 1.15 bits per heavy atom. The van der Waals surface area contributed by atoms with Gasteiger partial charge in [0.05, 0.1) is 28.6 Å². The van der Waals surface area contributed by atoms with Gasteiger partial charge in [0.15, 0.2) is 5.75 Å². The molecule has 3 aromatic rings. The third-order valence-electron chi connectivity index (χ3n) is 7.82. The highest BCUT2D eigenvalue weighted by Gasteiger charge is 2.60. The molecule has 3 aliphatic rings. The van der Waals surface area contributed by atoms with Crippen LogP contribution < -0.4 is 10.2 Å². The summed E-state index contributed by atoms with van der Waals surface area (Å²) >= 11 is 0. The lowest BCUT2D eigenvalue weighted by atomic mass is 9.95. The zero-order valence-electron chi connectivity index (χ0n) is 21.5. The van der Waals surface area contributed by atoms with E-state index in [2.05, 4.69) is 0 Å². The monoisotopic (exact) mass is 580 g/mol. The summed E-state index contributed by atoms with van der Waals surface area (Å²) in [7, 11) is 0. The molecule has 1 spiro atoms. The first-order valence-electron chi connectivity index (χ1n) is 12.9. The fourth-order valence-electron chi connectivity index (χ4n) is 5.80. The predicted octanol–water partition coefficient (Wildman–Crippen LogP) is 5.81. The van der Waals surface area contributed by atoms with Gasteiger partial charge < -0.3 is 18.9 Å². The van der Waals surface area contributed by atoms with Gasteiger partial charge in [-0.05, 0) is 61.4 Å². The van der Waals surface area contributed by atoms with Crippen LogP contribution >= 0.6 is 0 Å². The fourth-order valence-corrected chi connectivity index (χ4v) is 5.80. The number of nitrogens with zero attached hydrogens (tertiary/aromatic N) is 2. The lowest BCUT2D eigenvalue weighted by Gasteiger charge is -2.25. The highest BCUT2D eigenvalue weighted by atomic mass is 19.4. The molecule has 2 fully saturated rings. The van der Waals surface area contributed by atoms with Gasteiger partial charge in [0.25, 0.3) is 0 Å². The van der Waals surface area contributed by atoms with Crippen molar-refractivity contribution < 1.29 is 45.4 Å². The minimum Gasteiger partial charge on any atom is -0.462 e. The molecule has 216 valence electrons. The molecule has 0 saturated heterocycles. The Morgan fingerprint density at radius 3 is 2.44 bits per heavy atom. The van der Waals surface area contributed by atoms with Crippen molar-refractivity contribution in [1.82, 2.24) is 9.47 Å². The van der Waals surface area contributed by atoms with Crippen LogP contribution in [0.2, 0.25) is 0 Å². The number of aromatic nitrogens is 1. The van der Waals surface area contributed by atoms with E-state index in [1.54, 1.807) is 6.92 Å². The number of hydrogen-bond donors (Lipinski definition) is 0. The molecule has 2 heterocycles. The second kappa shape index (κ2) is 9.25. The molecular weight excluding hydrogens is 558 g/mol. The number of pyridine rings is 1. The second-order valence-electron chi connectivity index (χ2n) is 10.4. The van der Waals surface area contributed by atoms with Crippen molar-refractivity contribution in [2.24, 2.45) is 0 Å². The van der Waals surface area contributed by atoms with Crippen molar-refractivity contribution in [2.45, 2.75) is 63.5 Å². The smallest absolute Gasteiger partial charge is 0.462 e. The number of halogens is 6. The van der Waals surface area contributed by atoms with E-state index in [1.165, 1.54) is 29.0 Å². The molecule has 2 aromatic carbocycles. The van der Waals surface area contributed by atoms with Crippen LogP contribution in [0.25, 0.3) is 22.0 Å². The van der Waals surface area contributed by atoms with Gasteiger partial charge in [0.1, 0.15) is 11.4 Å². The van der Waals surface area contributed by atoms with E-state index in [1.807, 2.05) is 0 Å². The molecule has 2 saturated carbocycles. The SMILES string of the molecule is CCOC(=O)c1cn(C2CC2)c2c(OC(F)F)c(-c3ccc4c(c3)CN(C(=O)C(F)(F)F)C43CC3)c(F)cc2c1=O. The average molecular weight is 580 g/mol. The largest absolute Gasteiger partial charge is 0.471 e. The van der Waals surface area contributed by atoms with E-state index >= 15 is 4.39 Å². The highest BCUT2D eigenvalue weighted by molar-refractivity contribution is 5.98. The summed E-state index contributed by atoms with van der Waals surface area (Å²) in [4.78, 5) is 38.6. The number of esters is 1. The third kappa shape index (κ3) is 4.32. The zero-order chi connectivity index (χ0) is 29.4.